The zero-order valence-electron chi connectivity index (χ0n) is 6.66. The Bertz CT molecular complexity index is 182. The van der Waals surface area contributed by atoms with Crippen LogP contribution in [-0.4, -0.2) is 23.7 Å². The standard InChI is InChI=1S/C7H13FN2O2/c8-5(3-1-2-4-9)6(10)7(11)12/h3,6H,1-2,4,9-10H2,(H,11,12)/b5-3-. The van der Waals surface area contributed by atoms with Crippen molar-refractivity contribution in [2.24, 2.45) is 11.5 Å². The number of rotatable bonds is 5. The maximum absolute atomic E-state index is 12.7. The van der Waals surface area contributed by atoms with Gasteiger partial charge in [-0.25, -0.2) is 4.39 Å². The van der Waals surface area contributed by atoms with Gasteiger partial charge in [0.25, 0.3) is 0 Å². The van der Waals surface area contributed by atoms with E-state index in [1.807, 2.05) is 0 Å². The fourth-order valence-corrected chi connectivity index (χ4v) is 0.603. The summed E-state index contributed by atoms with van der Waals surface area (Å²) in [5, 5.41) is 8.28. The molecule has 5 N–H and O–H groups in total. The number of allylic oxidation sites excluding steroid dienone is 1. The van der Waals surface area contributed by atoms with E-state index in [1.54, 1.807) is 0 Å². The summed E-state index contributed by atoms with van der Waals surface area (Å²) < 4.78 is 12.7. The fourth-order valence-electron chi connectivity index (χ4n) is 0.603. The third-order valence-electron chi connectivity index (χ3n) is 1.31. The third kappa shape index (κ3) is 4.05. The van der Waals surface area contributed by atoms with Crippen molar-refractivity contribution >= 4 is 5.97 Å². The van der Waals surface area contributed by atoms with E-state index < -0.39 is 17.8 Å². The SMILES string of the molecule is NCCC/C=C(\F)C(N)C(=O)O. The number of aliphatic carboxylic acids is 1. The first-order valence-corrected chi connectivity index (χ1v) is 3.63. The van der Waals surface area contributed by atoms with E-state index in [2.05, 4.69) is 0 Å². The Morgan fingerprint density at radius 1 is 1.67 bits per heavy atom. The molecule has 0 aromatic rings. The molecule has 0 radical (unpaired) electrons. The van der Waals surface area contributed by atoms with Crippen LogP contribution in [0.25, 0.3) is 0 Å². The number of unbranched alkanes of at least 4 members (excludes halogenated alkanes) is 1. The van der Waals surface area contributed by atoms with Gasteiger partial charge in [0.15, 0.2) is 6.04 Å². The van der Waals surface area contributed by atoms with Gasteiger partial charge in [-0.05, 0) is 19.4 Å². The zero-order valence-corrected chi connectivity index (χ0v) is 6.66. The topological polar surface area (TPSA) is 89.3 Å². The van der Waals surface area contributed by atoms with Crippen LogP contribution in [0.1, 0.15) is 12.8 Å². The summed E-state index contributed by atoms with van der Waals surface area (Å²) in [5.41, 5.74) is 10.1. The molecule has 12 heavy (non-hydrogen) atoms. The zero-order chi connectivity index (χ0) is 9.56. The van der Waals surface area contributed by atoms with E-state index in [-0.39, 0.29) is 0 Å². The number of halogens is 1. The lowest BCUT2D eigenvalue weighted by molar-refractivity contribution is -0.137. The molecule has 0 amide bonds. The van der Waals surface area contributed by atoms with Crippen LogP contribution in [0.4, 0.5) is 4.39 Å². The minimum absolute atomic E-state index is 0.420. The van der Waals surface area contributed by atoms with Gasteiger partial charge in [-0.15, -0.1) is 0 Å². The second-order valence-corrected chi connectivity index (χ2v) is 2.34. The van der Waals surface area contributed by atoms with Gasteiger partial charge in [0.2, 0.25) is 0 Å². The summed E-state index contributed by atoms with van der Waals surface area (Å²) >= 11 is 0. The van der Waals surface area contributed by atoms with Crippen LogP contribution in [-0.2, 0) is 4.79 Å². The Morgan fingerprint density at radius 2 is 2.25 bits per heavy atom. The Labute approximate surface area is 70.0 Å². The van der Waals surface area contributed by atoms with Crippen molar-refractivity contribution in [2.45, 2.75) is 18.9 Å². The average molecular weight is 176 g/mol. The van der Waals surface area contributed by atoms with Gasteiger partial charge in [0, 0.05) is 0 Å². The maximum atomic E-state index is 12.7. The molecule has 5 heteroatoms. The van der Waals surface area contributed by atoms with Crippen LogP contribution in [0, 0.1) is 0 Å². The first-order valence-electron chi connectivity index (χ1n) is 3.63. The summed E-state index contributed by atoms with van der Waals surface area (Å²) in [6.07, 6.45) is 2.20. The van der Waals surface area contributed by atoms with Crippen molar-refractivity contribution in [2.75, 3.05) is 6.54 Å². The normalized spacial score (nSPS) is 14.4. The van der Waals surface area contributed by atoms with Crippen LogP contribution in [0.2, 0.25) is 0 Å². The lowest BCUT2D eigenvalue weighted by Crippen LogP contribution is -2.30. The Hall–Kier alpha value is -0.940. The third-order valence-corrected chi connectivity index (χ3v) is 1.31. The fraction of sp³-hybridized carbons (Fsp3) is 0.571. The molecule has 0 fully saturated rings. The smallest absolute Gasteiger partial charge is 0.327 e. The molecule has 4 nitrogen and oxygen atoms in total. The molecule has 0 saturated carbocycles. The van der Waals surface area contributed by atoms with Crippen LogP contribution in [0.15, 0.2) is 11.9 Å². The highest BCUT2D eigenvalue weighted by atomic mass is 19.1. The maximum Gasteiger partial charge on any atom is 0.327 e. The Morgan fingerprint density at radius 3 is 2.67 bits per heavy atom. The lowest BCUT2D eigenvalue weighted by Gasteiger charge is -2.01. The van der Waals surface area contributed by atoms with Gasteiger partial charge >= 0.3 is 5.97 Å². The molecule has 0 aliphatic carbocycles. The van der Waals surface area contributed by atoms with Crippen LogP contribution < -0.4 is 11.5 Å². The summed E-state index contributed by atoms with van der Waals surface area (Å²) in [7, 11) is 0. The molecule has 0 aromatic heterocycles. The van der Waals surface area contributed by atoms with Gasteiger partial charge < -0.3 is 16.6 Å². The minimum Gasteiger partial charge on any atom is -0.480 e. The molecule has 0 heterocycles. The number of hydrogen-bond acceptors (Lipinski definition) is 3. The van der Waals surface area contributed by atoms with E-state index in [1.165, 1.54) is 0 Å². The molecule has 0 aliphatic heterocycles. The van der Waals surface area contributed by atoms with E-state index in [0.717, 1.165) is 6.08 Å². The van der Waals surface area contributed by atoms with Crippen LogP contribution >= 0.6 is 0 Å². The second-order valence-electron chi connectivity index (χ2n) is 2.34. The van der Waals surface area contributed by atoms with E-state index in [0.29, 0.717) is 19.4 Å². The molecule has 0 aromatic carbocycles. The first-order chi connectivity index (χ1) is 5.59. The average Bonchev–Trinajstić information content (AvgIpc) is 2.03. The van der Waals surface area contributed by atoms with Crippen molar-refractivity contribution in [3.05, 3.63) is 11.9 Å². The van der Waals surface area contributed by atoms with Crippen molar-refractivity contribution < 1.29 is 14.3 Å². The first kappa shape index (κ1) is 11.1. The molecule has 1 atom stereocenters. The summed E-state index contributed by atoms with van der Waals surface area (Å²) in [6, 6.07) is -1.54. The molecule has 0 spiro atoms. The van der Waals surface area contributed by atoms with E-state index in [4.69, 9.17) is 16.6 Å². The largest absolute Gasteiger partial charge is 0.480 e. The highest BCUT2D eigenvalue weighted by Crippen LogP contribution is 2.04. The van der Waals surface area contributed by atoms with Gasteiger partial charge in [-0.3, -0.25) is 4.79 Å². The molecular formula is C7H13FN2O2. The van der Waals surface area contributed by atoms with E-state index in [9.17, 15) is 9.18 Å². The van der Waals surface area contributed by atoms with Gasteiger partial charge in [0.05, 0.1) is 0 Å². The Balaban J connectivity index is 3.90. The summed E-state index contributed by atoms with van der Waals surface area (Å²) in [6.45, 7) is 0.450. The van der Waals surface area contributed by atoms with Crippen molar-refractivity contribution in [3.63, 3.8) is 0 Å². The van der Waals surface area contributed by atoms with Crippen molar-refractivity contribution in [1.29, 1.82) is 0 Å². The number of hydrogen-bond donors (Lipinski definition) is 3. The second kappa shape index (κ2) is 5.68. The van der Waals surface area contributed by atoms with Gasteiger partial charge in [0.1, 0.15) is 5.83 Å². The highest BCUT2D eigenvalue weighted by molar-refractivity contribution is 5.76. The molecule has 0 saturated heterocycles. The molecular weight excluding hydrogens is 163 g/mol. The molecule has 0 rings (SSSR count). The van der Waals surface area contributed by atoms with Gasteiger partial charge in [-0.1, -0.05) is 6.08 Å². The predicted molar refractivity (Wildman–Crippen MR) is 43.1 cm³/mol. The number of nitrogens with two attached hydrogens (primary N) is 2. The Kier molecular flexibility index (Phi) is 5.23. The highest BCUT2D eigenvalue weighted by Gasteiger charge is 2.16. The molecule has 0 bridgehead atoms. The van der Waals surface area contributed by atoms with E-state index >= 15 is 0 Å². The lowest BCUT2D eigenvalue weighted by atomic mass is 10.2. The molecule has 70 valence electrons. The van der Waals surface area contributed by atoms with Crippen molar-refractivity contribution in [1.82, 2.24) is 0 Å². The van der Waals surface area contributed by atoms with Crippen LogP contribution in [0.3, 0.4) is 0 Å². The molecule has 1 unspecified atom stereocenters. The van der Waals surface area contributed by atoms with Crippen molar-refractivity contribution in [3.8, 4) is 0 Å². The summed E-state index contributed by atoms with van der Waals surface area (Å²) in [4.78, 5) is 10.1. The summed E-state index contributed by atoms with van der Waals surface area (Å²) in [5.74, 6) is -2.17. The monoisotopic (exact) mass is 176 g/mol. The number of carbonyl (C=O) groups is 1. The minimum atomic E-state index is -1.54. The van der Waals surface area contributed by atoms with Crippen LogP contribution in [0.5, 0.6) is 0 Å². The number of carboxylic acid groups (broad SMARTS) is 1. The number of carboxylic acids is 1. The quantitative estimate of drug-likeness (QED) is 0.514. The van der Waals surface area contributed by atoms with Gasteiger partial charge in [-0.2, -0.15) is 0 Å². The molecule has 0 aliphatic rings. The predicted octanol–water partition coefficient (Wildman–Crippen LogP) is -0.00940.